The molecule has 5 rings (SSSR count). The molecule has 0 radical (unpaired) electrons. The van der Waals surface area contributed by atoms with E-state index in [1.807, 2.05) is 6.07 Å². The monoisotopic (exact) mass is 406 g/mol. The molecule has 0 unspecified atom stereocenters. The first kappa shape index (κ1) is 18.8. The summed E-state index contributed by atoms with van der Waals surface area (Å²) in [5, 5.41) is 14.0. The highest BCUT2D eigenvalue weighted by molar-refractivity contribution is 5.91. The van der Waals surface area contributed by atoms with Crippen LogP contribution < -0.4 is 10.2 Å². The number of para-hydroxylation sites is 1. The Morgan fingerprint density at radius 2 is 2.00 bits per heavy atom. The number of nitrogens with zero attached hydrogens (tertiary/aromatic N) is 3. The Hall–Kier alpha value is -3.22. The summed E-state index contributed by atoms with van der Waals surface area (Å²) in [6.07, 6.45) is 2.92. The molecule has 30 heavy (non-hydrogen) atoms. The van der Waals surface area contributed by atoms with Crippen LogP contribution in [0.1, 0.15) is 19.3 Å². The maximum atomic E-state index is 14.0. The Morgan fingerprint density at radius 1 is 1.17 bits per heavy atom. The van der Waals surface area contributed by atoms with Gasteiger partial charge in [-0.1, -0.05) is 12.1 Å². The van der Waals surface area contributed by atoms with Crippen LogP contribution in [0.2, 0.25) is 0 Å². The van der Waals surface area contributed by atoms with Crippen molar-refractivity contribution in [3.63, 3.8) is 0 Å². The zero-order chi connectivity index (χ0) is 20.7. The molecule has 2 aromatic carbocycles. The Bertz CT molecular complexity index is 1120. The maximum Gasteiger partial charge on any atom is 0.223 e. The number of phenols is 1. The highest BCUT2D eigenvalue weighted by Gasteiger charge is 2.31. The molecule has 1 saturated heterocycles. The van der Waals surface area contributed by atoms with Crippen molar-refractivity contribution < 1.29 is 14.3 Å². The Labute approximate surface area is 173 Å². The van der Waals surface area contributed by atoms with Gasteiger partial charge in [0, 0.05) is 30.9 Å². The molecule has 2 N–H and O–H groups in total. The fourth-order valence-electron chi connectivity index (χ4n) is 4.04. The number of hydrogen-bond donors (Lipinski definition) is 2. The van der Waals surface area contributed by atoms with Crippen LogP contribution in [-0.4, -0.2) is 40.6 Å². The molecule has 0 bridgehead atoms. The molecule has 1 aliphatic heterocycles. The molecule has 6 nitrogen and oxygen atoms in total. The standard InChI is InChI=1S/C23H23FN4O2/c24-16-7-8-19-18(11-16)22(27-21(26-19)17-3-1-2-4-20(17)29)28-10-9-14(13-28)12-25-23(30)15-5-6-15/h1-4,7-8,11,14-15,29H,5-6,9-10,12-13H2,(H,25,30)/t14-/m0/s1. The van der Waals surface area contributed by atoms with Crippen LogP contribution in [-0.2, 0) is 4.79 Å². The van der Waals surface area contributed by atoms with E-state index in [1.54, 1.807) is 24.3 Å². The van der Waals surface area contributed by atoms with Crippen molar-refractivity contribution in [3.8, 4) is 17.1 Å². The second-order valence-corrected chi connectivity index (χ2v) is 8.17. The van der Waals surface area contributed by atoms with E-state index in [2.05, 4.69) is 15.2 Å². The van der Waals surface area contributed by atoms with Crippen molar-refractivity contribution >= 4 is 22.6 Å². The lowest BCUT2D eigenvalue weighted by Crippen LogP contribution is -2.32. The molecule has 1 aliphatic carbocycles. The predicted octanol–water partition coefficient (Wildman–Crippen LogP) is 3.49. The Morgan fingerprint density at radius 3 is 2.80 bits per heavy atom. The molecule has 1 amide bonds. The number of carbonyl (C=O) groups excluding carboxylic acids is 1. The highest BCUT2D eigenvalue weighted by atomic mass is 19.1. The van der Waals surface area contributed by atoms with Crippen molar-refractivity contribution in [1.82, 2.24) is 15.3 Å². The summed E-state index contributed by atoms with van der Waals surface area (Å²) in [7, 11) is 0. The second-order valence-electron chi connectivity index (χ2n) is 8.17. The van der Waals surface area contributed by atoms with Gasteiger partial charge >= 0.3 is 0 Å². The lowest BCUT2D eigenvalue weighted by Gasteiger charge is -2.20. The van der Waals surface area contributed by atoms with Crippen molar-refractivity contribution in [2.24, 2.45) is 11.8 Å². The number of carbonyl (C=O) groups is 1. The number of hydrogen-bond acceptors (Lipinski definition) is 5. The number of amides is 1. The highest BCUT2D eigenvalue weighted by Crippen LogP contribution is 2.34. The number of aromatic hydroxyl groups is 1. The van der Waals surface area contributed by atoms with Gasteiger partial charge in [-0.25, -0.2) is 14.4 Å². The van der Waals surface area contributed by atoms with E-state index in [9.17, 15) is 14.3 Å². The Balaban J connectivity index is 1.46. The summed E-state index contributed by atoms with van der Waals surface area (Å²) >= 11 is 0. The summed E-state index contributed by atoms with van der Waals surface area (Å²) < 4.78 is 14.0. The molecule has 1 saturated carbocycles. The topological polar surface area (TPSA) is 78.4 Å². The lowest BCUT2D eigenvalue weighted by molar-refractivity contribution is -0.122. The van der Waals surface area contributed by atoms with Crippen molar-refractivity contribution in [2.45, 2.75) is 19.3 Å². The maximum absolute atomic E-state index is 14.0. The molecule has 2 heterocycles. The molecule has 0 spiro atoms. The van der Waals surface area contributed by atoms with E-state index in [4.69, 9.17) is 4.98 Å². The van der Waals surface area contributed by atoms with Gasteiger partial charge in [-0.15, -0.1) is 0 Å². The zero-order valence-electron chi connectivity index (χ0n) is 16.5. The fraction of sp³-hybridized carbons (Fsp3) is 0.348. The minimum absolute atomic E-state index is 0.104. The smallest absolute Gasteiger partial charge is 0.223 e. The molecule has 154 valence electrons. The minimum Gasteiger partial charge on any atom is -0.507 e. The number of halogens is 1. The van der Waals surface area contributed by atoms with E-state index in [0.717, 1.165) is 32.4 Å². The summed E-state index contributed by atoms with van der Waals surface area (Å²) in [5.74, 6) is 1.52. The molecule has 2 fully saturated rings. The van der Waals surface area contributed by atoms with Crippen molar-refractivity contribution in [2.75, 3.05) is 24.5 Å². The largest absolute Gasteiger partial charge is 0.507 e. The van der Waals surface area contributed by atoms with E-state index in [-0.39, 0.29) is 23.4 Å². The van der Waals surface area contributed by atoms with Crippen molar-refractivity contribution in [3.05, 3.63) is 48.3 Å². The number of aromatic nitrogens is 2. The third-order valence-electron chi connectivity index (χ3n) is 5.88. The predicted molar refractivity (Wildman–Crippen MR) is 113 cm³/mol. The van der Waals surface area contributed by atoms with Crippen LogP contribution in [0.25, 0.3) is 22.3 Å². The van der Waals surface area contributed by atoms with E-state index >= 15 is 0 Å². The van der Waals surface area contributed by atoms with E-state index < -0.39 is 0 Å². The third-order valence-corrected chi connectivity index (χ3v) is 5.88. The summed E-state index contributed by atoms with van der Waals surface area (Å²) in [5.41, 5.74) is 1.17. The summed E-state index contributed by atoms with van der Waals surface area (Å²) in [4.78, 5) is 23.4. The third kappa shape index (κ3) is 3.67. The molecule has 1 aromatic heterocycles. The first-order valence-electron chi connectivity index (χ1n) is 10.4. The van der Waals surface area contributed by atoms with E-state index in [1.165, 1.54) is 12.1 Å². The second kappa shape index (κ2) is 7.55. The molecule has 7 heteroatoms. The van der Waals surface area contributed by atoms with Gasteiger partial charge < -0.3 is 15.3 Å². The van der Waals surface area contributed by atoms with Gasteiger partial charge in [0.2, 0.25) is 5.91 Å². The average Bonchev–Trinajstić information content (AvgIpc) is 3.50. The van der Waals surface area contributed by atoms with Gasteiger partial charge in [-0.2, -0.15) is 0 Å². The summed E-state index contributed by atoms with van der Waals surface area (Å²) in [6.45, 7) is 2.15. The number of anilines is 1. The number of benzene rings is 2. The van der Waals surface area contributed by atoms with Gasteiger partial charge in [0.1, 0.15) is 17.4 Å². The van der Waals surface area contributed by atoms with Crippen molar-refractivity contribution in [1.29, 1.82) is 0 Å². The fourth-order valence-corrected chi connectivity index (χ4v) is 4.04. The SMILES string of the molecule is O=C(NC[C@@H]1CCN(c2nc(-c3ccccc3O)nc3ccc(F)cc23)C1)C1CC1. The number of fused-ring (bicyclic) bond motifs is 1. The zero-order valence-corrected chi connectivity index (χ0v) is 16.5. The van der Waals surface area contributed by atoms with Crippen LogP contribution >= 0.6 is 0 Å². The first-order valence-corrected chi connectivity index (χ1v) is 10.4. The van der Waals surface area contributed by atoms with Crippen LogP contribution in [0.3, 0.4) is 0 Å². The van der Waals surface area contributed by atoms with Gasteiger partial charge in [0.05, 0.1) is 11.1 Å². The van der Waals surface area contributed by atoms with Gasteiger partial charge in [-0.3, -0.25) is 4.79 Å². The average molecular weight is 406 g/mol. The van der Waals surface area contributed by atoms with Crippen LogP contribution in [0.15, 0.2) is 42.5 Å². The quantitative estimate of drug-likeness (QED) is 0.678. The van der Waals surface area contributed by atoms with Crippen LogP contribution in [0.5, 0.6) is 5.75 Å². The number of nitrogens with one attached hydrogen (secondary N) is 1. The molecular weight excluding hydrogens is 383 g/mol. The summed E-state index contributed by atoms with van der Waals surface area (Å²) in [6, 6.07) is 11.4. The number of rotatable bonds is 5. The molecular formula is C23H23FN4O2. The molecule has 3 aromatic rings. The van der Waals surface area contributed by atoms with E-state index in [0.29, 0.717) is 40.6 Å². The first-order chi connectivity index (χ1) is 14.6. The van der Waals surface area contributed by atoms with Crippen LogP contribution in [0.4, 0.5) is 10.2 Å². The number of phenolic OH excluding ortho intramolecular Hbond substituents is 1. The van der Waals surface area contributed by atoms with Gasteiger partial charge in [0.15, 0.2) is 5.82 Å². The molecule has 1 atom stereocenters. The normalized spacial score (nSPS) is 18.7. The minimum atomic E-state index is -0.338. The van der Waals surface area contributed by atoms with Crippen LogP contribution in [0, 0.1) is 17.7 Å². The molecule has 2 aliphatic rings. The van der Waals surface area contributed by atoms with Gasteiger partial charge in [0.25, 0.3) is 0 Å². The van der Waals surface area contributed by atoms with Gasteiger partial charge in [-0.05, 0) is 55.5 Å². The lowest BCUT2D eigenvalue weighted by atomic mass is 10.1. The Kier molecular flexibility index (Phi) is 4.73.